The van der Waals surface area contributed by atoms with Gasteiger partial charge >= 0.3 is 18.2 Å². The van der Waals surface area contributed by atoms with Crippen molar-refractivity contribution < 1.29 is 32.5 Å². The zero-order chi connectivity index (χ0) is 19.2. The first-order valence-corrected chi connectivity index (χ1v) is 7.45. The van der Waals surface area contributed by atoms with Crippen LogP contribution in [-0.4, -0.2) is 39.9 Å². The smallest absolute Gasteiger partial charge is 0.422 e. The lowest BCUT2D eigenvalue weighted by Gasteiger charge is -2.13. The minimum absolute atomic E-state index is 0.0647. The van der Waals surface area contributed by atoms with Gasteiger partial charge in [-0.1, -0.05) is 18.2 Å². The van der Waals surface area contributed by atoms with E-state index >= 15 is 0 Å². The van der Waals surface area contributed by atoms with Gasteiger partial charge in [0.25, 0.3) is 0 Å². The van der Waals surface area contributed by atoms with E-state index in [2.05, 4.69) is 14.7 Å². The number of carboxylic acids is 1. The summed E-state index contributed by atoms with van der Waals surface area (Å²) in [5, 5.41) is 8.90. The standard InChI is InChI=1S/C16H16F3N3O4/c17-16(18,19)9-26-15-21-6-5-11(22-15)8-25-13-4-2-1-3-10(13)7-12(20)14(23)24/h1-6,12H,7-9,20H2,(H,23,24)/t12-/m1/s1. The summed E-state index contributed by atoms with van der Waals surface area (Å²) < 4.78 is 46.5. The Balaban J connectivity index is 2.02. The highest BCUT2D eigenvalue weighted by atomic mass is 19.4. The number of rotatable bonds is 8. The summed E-state index contributed by atoms with van der Waals surface area (Å²) >= 11 is 0. The lowest BCUT2D eigenvalue weighted by Crippen LogP contribution is -2.32. The molecule has 26 heavy (non-hydrogen) atoms. The van der Waals surface area contributed by atoms with E-state index < -0.39 is 30.8 Å². The van der Waals surface area contributed by atoms with Gasteiger partial charge in [-0.25, -0.2) is 4.98 Å². The highest BCUT2D eigenvalue weighted by Crippen LogP contribution is 2.21. The van der Waals surface area contributed by atoms with Crippen molar-refractivity contribution in [1.29, 1.82) is 0 Å². The first kappa shape index (κ1) is 19.4. The third-order valence-electron chi connectivity index (χ3n) is 3.16. The van der Waals surface area contributed by atoms with Gasteiger partial charge in [0.1, 0.15) is 18.4 Å². The number of carbonyl (C=O) groups is 1. The molecular weight excluding hydrogens is 355 g/mol. The van der Waals surface area contributed by atoms with E-state index in [0.717, 1.165) is 0 Å². The van der Waals surface area contributed by atoms with Crippen molar-refractivity contribution >= 4 is 5.97 Å². The van der Waals surface area contributed by atoms with Crippen molar-refractivity contribution in [3.8, 4) is 11.8 Å². The van der Waals surface area contributed by atoms with E-state index in [4.69, 9.17) is 15.6 Å². The number of carboxylic acid groups (broad SMARTS) is 1. The highest BCUT2D eigenvalue weighted by molar-refractivity contribution is 5.73. The predicted molar refractivity (Wildman–Crippen MR) is 83.7 cm³/mol. The van der Waals surface area contributed by atoms with Crippen LogP contribution in [0.4, 0.5) is 13.2 Å². The van der Waals surface area contributed by atoms with Crippen LogP contribution in [0, 0.1) is 0 Å². The molecule has 0 saturated heterocycles. The molecule has 3 N–H and O–H groups in total. The fraction of sp³-hybridized carbons (Fsp3) is 0.312. The SMILES string of the molecule is N[C@H](Cc1ccccc1OCc1ccnc(OCC(F)(F)F)n1)C(=O)O. The normalized spacial score (nSPS) is 12.5. The van der Waals surface area contributed by atoms with Gasteiger partial charge in [-0.2, -0.15) is 18.2 Å². The average molecular weight is 371 g/mol. The van der Waals surface area contributed by atoms with Crippen molar-refractivity contribution in [1.82, 2.24) is 9.97 Å². The number of nitrogens with two attached hydrogens (primary N) is 1. The third kappa shape index (κ3) is 6.20. The molecule has 10 heteroatoms. The van der Waals surface area contributed by atoms with Crippen molar-refractivity contribution in [2.24, 2.45) is 5.73 Å². The summed E-state index contributed by atoms with van der Waals surface area (Å²) in [6.07, 6.45) is -3.17. The number of hydrogen-bond donors (Lipinski definition) is 2. The van der Waals surface area contributed by atoms with E-state index in [1.54, 1.807) is 24.3 Å². The second-order valence-corrected chi connectivity index (χ2v) is 5.28. The monoisotopic (exact) mass is 371 g/mol. The van der Waals surface area contributed by atoms with Crippen LogP contribution < -0.4 is 15.2 Å². The molecule has 140 valence electrons. The maximum atomic E-state index is 12.2. The van der Waals surface area contributed by atoms with Gasteiger partial charge in [-0.3, -0.25) is 4.79 Å². The van der Waals surface area contributed by atoms with Gasteiger partial charge in [0.2, 0.25) is 0 Å². The first-order valence-electron chi connectivity index (χ1n) is 7.45. The summed E-state index contributed by atoms with van der Waals surface area (Å²) in [5.41, 5.74) is 6.42. The number of benzene rings is 1. The molecule has 0 amide bonds. The van der Waals surface area contributed by atoms with Crippen LogP contribution in [0.3, 0.4) is 0 Å². The minimum Gasteiger partial charge on any atom is -0.487 e. The highest BCUT2D eigenvalue weighted by Gasteiger charge is 2.29. The van der Waals surface area contributed by atoms with Crippen LogP contribution in [0.2, 0.25) is 0 Å². The molecule has 1 atom stereocenters. The first-order chi connectivity index (χ1) is 12.2. The lowest BCUT2D eigenvalue weighted by molar-refractivity contribution is -0.154. The molecule has 0 radical (unpaired) electrons. The fourth-order valence-corrected chi connectivity index (χ4v) is 1.96. The van der Waals surface area contributed by atoms with Crippen molar-refractivity contribution in [2.75, 3.05) is 6.61 Å². The van der Waals surface area contributed by atoms with Crippen molar-refractivity contribution in [3.63, 3.8) is 0 Å². The molecule has 0 aliphatic carbocycles. The minimum atomic E-state index is -4.49. The molecule has 0 aliphatic rings. The molecule has 0 unspecified atom stereocenters. The fourth-order valence-electron chi connectivity index (χ4n) is 1.96. The summed E-state index contributed by atoms with van der Waals surface area (Å²) in [7, 11) is 0. The second kappa shape index (κ2) is 8.48. The quantitative estimate of drug-likeness (QED) is 0.730. The molecule has 1 aromatic carbocycles. The maximum Gasteiger partial charge on any atom is 0.422 e. The second-order valence-electron chi connectivity index (χ2n) is 5.28. The van der Waals surface area contributed by atoms with Crippen LogP contribution in [0.15, 0.2) is 36.5 Å². The molecule has 0 saturated carbocycles. The topological polar surface area (TPSA) is 108 Å². The Bertz CT molecular complexity index is 756. The molecule has 1 heterocycles. The predicted octanol–water partition coefficient (Wildman–Crippen LogP) is 1.95. The number of alkyl halides is 3. The van der Waals surface area contributed by atoms with Gasteiger partial charge < -0.3 is 20.3 Å². The Hall–Kier alpha value is -2.88. The molecule has 2 aromatic rings. The van der Waals surface area contributed by atoms with Gasteiger partial charge in [-0.15, -0.1) is 0 Å². The van der Waals surface area contributed by atoms with Crippen LogP contribution in [0.1, 0.15) is 11.3 Å². The molecule has 1 aromatic heterocycles. The number of aliphatic carboxylic acids is 1. The maximum absolute atomic E-state index is 12.2. The number of hydrogen-bond acceptors (Lipinski definition) is 6. The van der Waals surface area contributed by atoms with E-state index in [0.29, 0.717) is 17.0 Å². The molecule has 0 bridgehead atoms. The molecule has 7 nitrogen and oxygen atoms in total. The zero-order valence-electron chi connectivity index (χ0n) is 13.4. The van der Waals surface area contributed by atoms with Gasteiger partial charge in [0, 0.05) is 12.6 Å². The molecular formula is C16H16F3N3O4. The van der Waals surface area contributed by atoms with Crippen LogP contribution in [0.5, 0.6) is 11.8 Å². The summed E-state index contributed by atoms with van der Waals surface area (Å²) in [4.78, 5) is 18.3. The number of aromatic nitrogens is 2. The van der Waals surface area contributed by atoms with Crippen molar-refractivity contribution in [2.45, 2.75) is 25.2 Å². The van der Waals surface area contributed by atoms with Gasteiger partial charge in [-0.05, 0) is 17.7 Å². The van der Waals surface area contributed by atoms with Gasteiger partial charge in [0.05, 0.1) is 5.69 Å². The Morgan fingerprint density at radius 1 is 1.23 bits per heavy atom. The summed E-state index contributed by atoms with van der Waals surface area (Å²) in [6, 6.07) is 6.69. The van der Waals surface area contributed by atoms with E-state index in [1.807, 2.05) is 0 Å². The Kier molecular flexibility index (Phi) is 6.34. The lowest BCUT2D eigenvalue weighted by atomic mass is 10.1. The molecule has 2 rings (SSSR count). The van der Waals surface area contributed by atoms with E-state index in [-0.39, 0.29) is 13.0 Å². The van der Waals surface area contributed by atoms with Crippen molar-refractivity contribution in [3.05, 3.63) is 47.8 Å². The largest absolute Gasteiger partial charge is 0.487 e. The Morgan fingerprint density at radius 2 is 1.96 bits per heavy atom. The number of halogens is 3. The van der Waals surface area contributed by atoms with E-state index in [1.165, 1.54) is 12.3 Å². The Morgan fingerprint density at radius 3 is 2.65 bits per heavy atom. The number of para-hydroxylation sites is 1. The summed E-state index contributed by atoms with van der Waals surface area (Å²) in [6.45, 7) is -1.56. The van der Waals surface area contributed by atoms with E-state index in [9.17, 15) is 18.0 Å². The zero-order valence-corrected chi connectivity index (χ0v) is 13.4. The average Bonchev–Trinajstić information content (AvgIpc) is 2.59. The number of nitrogens with zero attached hydrogens (tertiary/aromatic N) is 2. The van der Waals surface area contributed by atoms with Gasteiger partial charge in [0.15, 0.2) is 6.61 Å². The third-order valence-corrected chi connectivity index (χ3v) is 3.16. The Labute approximate surface area is 146 Å². The molecule has 0 aliphatic heterocycles. The molecule has 0 spiro atoms. The number of ether oxygens (including phenoxy) is 2. The van der Waals surface area contributed by atoms with Crippen LogP contribution >= 0.6 is 0 Å². The molecule has 0 fully saturated rings. The van der Waals surface area contributed by atoms with Crippen LogP contribution in [-0.2, 0) is 17.8 Å². The summed E-state index contributed by atoms with van der Waals surface area (Å²) in [5.74, 6) is -0.734. The van der Waals surface area contributed by atoms with Crippen LogP contribution in [0.25, 0.3) is 0 Å².